The van der Waals surface area contributed by atoms with Gasteiger partial charge in [-0.15, -0.1) is 0 Å². The van der Waals surface area contributed by atoms with E-state index in [9.17, 15) is 23.6 Å². The molecule has 220 valence electrons. The van der Waals surface area contributed by atoms with Gasteiger partial charge in [0, 0.05) is 35.6 Å². The number of sulfone groups is 1. The van der Waals surface area contributed by atoms with Crippen LogP contribution in [0.25, 0.3) is 33.2 Å². The second-order valence-electron chi connectivity index (χ2n) is 11.7. The smallest absolute Gasteiger partial charge is 0.282 e. The monoisotopic (exact) mass is 600 g/mol. The lowest BCUT2D eigenvalue weighted by Gasteiger charge is -2.27. The minimum Gasteiger partial charge on any atom is -0.392 e. The van der Waals surface area contributed by atoms with Crippen molar-refractivity contribution in [3.8, 4) is 17.4 Å². The Balaban J connectivity index is 1.51. The molecule has 0 unspecified atom stereocenters. The highest BCUT2D eigenvalue weighted by atomic mass is 32.2. The molecule has 1 fully saturated rings. The number of aliphatic hydroxyl groups excluding tert-OH is 1. The number of anilines is 1. The predicted octanol–water partition coefficient (Wildman–Crippen LogP) is 3.76. The maximum atomic E-state index is 15.3. The van der Waals surface area contributed by atoms with Gasteiger partial charge < -0.3 is 10.0 Å². The van der Waals surface area contributed by atoms with Crippen LogP contribution in [0.3, 0.4) is 0 Å². The number of aliphatic hydroxyl groups is 1. The van der Waals surface area contributed by atoms with Crippen LogP contribution in [0.1, 0.15) is 37.5 Å². The lowest BCUT2D eigenvalue weighted by atomic mass is 9.86. The van der Waals surface area contributed by atoms with Crippen molar-refractivity contribution in [1.82, 2.24) is 19.3 Å². The highest BCUT2D eigenvalue weighted by Gasteiger charge is 2.25. The Bertz CT molecular complexity index is 2130. The van der Waals surface area contributed by atoms with Crippen molar-refractivity contribution in [3.05, 3.63) is 87.7 Å². The van der Waals surface area contributed by atoms with Gasteiger partial charge in [0.05, 0.1) is 46.6 Å². The van der Waals surface area contributed by atoms with Crippen LogP contribution < -0.4 is 10.5 Å². The van der Waals surface area contributed by atoms with E-state index in [4.69, 9.17) is 4.98 Å². The summed E-state index contributed by atoms with van der Waals surface area (Å²) in [4.78, 5) is 20.3. The average molecular weight is 601 g/mol. The van der Waals surface area contributed by atoms with Crippen LogP contribution in [-0.4, -0.2) is 57.5 Å². The van der Waals surface area contributed by atoms with Gasteiger partial charge in [-0.1, -0.05) is 26.8 Å². The summed E-state index contributed by atoms with van der Waals surface area (Å²) in [6.07, 6.45) is 3.04. The first-order chi connectivity index (χ1) is 20.4. The van der Waals surface area contributed by atoms with Crippen LogP contribution in [0.5, 0.6) is 0 Å². The second kappa shape index (κ2) is 10.3. The fraction of sp³-hybridized carbons (Fsp3) is 0.290. The summed E-state index contributed by atoms with van der Waals surface area (Å²) < 4.78 is 42.0. The number of nitriles is 1. The minimum absolute atomic E-state index is 0.0273. The number of benzene rings is 2. The van der Waals surface area contributed by atoms with Crippen molar-refractivity contribution in [2.24, 2.45) is 0 Å². The Morgan fingerprint density at radius 1 is 1.09 bits per heavy atom. The third-order valence-electron chi connectivity index (χ3n) is 7.90. The number of aromatic nitrogens is 4. The van der Waals surface area contributed by atoms with Crippen LogP contribution in [0.15, 0.2) is 59.7 Å². The molecule has 0 saturated carbocycles. The quantitative estimate of drug-likeness (QED) is 0.330. The summed E-state index contributed by atoms with van der Waals surface area (Å²) in [5.41, 5.74) is 1.54. The Hall–Kier alpha value is -4.60. The molecule has 0 atom stereocenters. The van der Waals surface area contributed by atoms with Crippen molar-refractivity contribution >= 4 is 37.5 Å². The maximum Gasteiger partial charge on any atom is 0.282 e. The molecule has 1 saturated heterocycles. The van der Waals surface area contributed by atoms with Crippen LogP contribution >= 0.6 is 0 Å². The van der Waals surface area contributed by atoms with E-state index in [0.717, 1.165) is 10.2 Å². The first-order valence-corrected chi connectivity index (χ1v) is 15.6. The maximum absolute atomic E-state index is 15.3. The van der Waals surface area contributed by atoms with E-state index >= 15 is 4.39 Å². The van der Waals surface area contributed by atoms with Crippen molar-refractivity contribution in [3.63, 3.8) is 0 Å². The number of hydrogen-bond acceptors (Lipinski definition) is 8. The molecule has 1 aliphatic heterocycles. The zero-order valence-corrected chi connectivity index (χ0v) is 24.7. The lowest BCUT2D eigenvalue weighted by molar-refractivity contribution is 0.281. The summed E-state index contributed by atoms with van der Waals surface area (Å²) in [5, 5.41) is 25.6. The van der Waals surface area contributed by atoms with E-state index < -0.39 is 27.8 Å². The lowest BCUT2D eigenvalue weighted by Crippen LogP contribution is -2.40. The first kappa shape index (κ1) is 28.5. The Morgan fingerprint density at radius 2 is 1.81 bits per heavy atom. The molecule has 1 N–H and O–H groups in total. The van der Waals surface area contributed by atoms with Gasteiger partial charge in [-0.25, -0.2) is 17.8 Å². The Morgan fingerprint density at radius 3 is 2.49 bits per heavy atom. The van der Waals surface area contributed by atoms with Gasteiger partial charge in [0.15, 0.2) is 9.84 Å². The van der Waals surface area contributed by atoms with Crippen LogP contribution in [-0.2, 0) is 21.9 Å². The van der Waals surface area contributed by atoms with Crippen LogP contribution in [0, 0.1) is 17.1 Å². The standard InChI is InChI=1S/C31H29FN6O4S/c1-31(2,3)21-13-19-16-34-38(30(40)28(19)24(32)14-21)26-6-4-5-25(23(26)18-39)37-17-20(15-33)22-7-8-27(35-29(22)37)36-9-11-43(41,42)12-10-36/h4-8,13-14,16-17,39H,9-12,18H2,1-3H3. The molecule has 0 aliphatic carbocycles. The van der Waals surface area contributed by atoms with E-state index in [2.05, 4.69) is 11.2 Å². The molecular formula is C31H29FN6O4S. The molecule has 12 heteroatoms. The average Bonchev–Trinajstić information content (AvgIpc) is 3.34. The van der Waals surface area contributed by atoms with Gasteiger partial charge in [0.1, 0.15) is 23.4 Å². The molecule has 6 rings (SSSR count). The Kier molecular flexibility index (Phi) is 6.82. The van der Waals surface area contributed by atoms with E-state index in [0.29, 0.717) is 52.1 Å². The number of halogens is 1. The van der Waals surface area contributed by atoms with Gasteiger partial charge in [0.2, 0.25) is 0 Å². The predicted molar refractivity (Wildman–Crippen MR) is 162 cm³/mol. The van der Waals surface area contributed by atoms with Gasteiger partial charge in [-0.05, 0) is 47.4 Å². The summed E-state index contributed by atoms with van der Waals surface area (Å²) in [6, 6.07) is 13.8. The number of nitrogens with zero attached hydrogens (tertiary/aromatic N) is 6. The van der Waals surface area contributed by atoms with Gasteiger partial charge in [-0.3, -0.25) is 9.36 Å². The van der Waals surface area contributed by atoms with E-state index in [1.165, 1.54) is 12.3 Å². The SMILES string of the molecule is CC(C)(C)c1cc(F)c2c(=O)n(-c3cccc(-n4cc(C#N)c5ccc(N6CCS(=O)(=O)CC6)nc54)c3CO)ncc2c1. The normalized spacial score (nSPS) is 15.2. The van der Waals surface area contributed by atoms with Gasteiger partial charge >= 0.3 is 0 Å². The fourth-order valence-electron chi connectivity index (χ4n) is 5.47. The molecule has 4 heterocycles. The largest absolute Gasteiger partial charge is 0.392 e. The molecule has 1 aliphatic rings. The third kappa shape index (κ3) is 4.94. The highest BCUT2D eigenvalue weighted by molar-refractivity contribution is 7.91. The highest BCUT2D eigenvalue weighted by Crippen LogP contribution is 2.31. The molecular weight excluding hydrogens is 571 g/mol. The van der Waals surface area contributed by atoms with Crippen LogP contribution in [0.2, 0.25) is 0 Å². The summed E-state index contributed by atoms with van der Waals surface area (Å²) in [7, 11) is -3.09. The molecule has 0 bridgehead atoms. The van der Waals surface area contributed by atoms with Gasteiger partial charge in [-0.2, -0.15) is 15.0 Å². The molecule has 0 spiro atoms. The van der Waals surface area contributed by atoms with E-state index in [1.54, 1.807) is 47.2 Å². The van der Waals surface area contributed by atoms with Crippen molar-refractivity contribution in [2.45, 2.75) is 32.8 Å². The first-order valence-electron chi connectivity index (χ1n) is 13.7. The number of pyridine rings is 1. The zero-order chi connectivity index (χ0) is 30.7. The Labute approximate surface area is 247 Å². The molecule has 0 radical (unpaired) electrons. The molecule has 0 amide bonds. The molecule has 43 heavy (non-hydrogen) atoms. The third-order valence-corrected chi connectivity index (χ3v) is 9.51. The van der Waals surface area contributed by atoms with Crippen molar-refractivity contribution < 1.29 is 17.9 Å². The zero-order valence-electron chi connectivity index (χ0n) is 23.9. The number of hydrogen-bond donors (Lipinski definition) is 1. The topological polar surface area (TPSA) is 134 Å². The second-order valence-corrected chi connectivity index (χ2v) is 14.0. The number of rotatable bonds is 4. The van der Waals surface area contributed by atoms with E-state index in [1.807, 2.05) is 25.7 Å². The summed E-state index contributed by atoms with van der Waals surface area (Å²) in [6.45, 7) is 5.98. The number of fused-ring (bicyclic) bond motifs is 2. The van der Waals surface area contributed by atoms with Crippen molar-refractivity contribution in [1.29, 1.82) is 5.26 Å². The summed E-state index contributed by atoms with van der Waals surface area (Å²) in [5.74, 6) is -0.0352. The van der Waals surface area contributed by atoms with Gasteiger partial charge in [0.25, 0.3) is 5.56 Å². The molecule has 5 aromatic rings. The minimum atomic E-state index is -3.09. The molecule has 2 aromatic carbocycles. The molecule has 3 aromatic heterocycles. The summed E-state index contributed by atoms with van der Waals surface area (Å²) >= 11 is 0. The van der Waals surface area contributed by atoms with E-state index in [-0.39, 0.29) is 28.0 Å². The molecule has 10 nitrogen and oxygen atoms in total. The van der Waals surface area contributed by atoms with Crippen molar-refractivity contribution in [2.75, 3.05) is 29.5 Å². The fourth-order valence-corrected chi connectivity index (χ4v) is 6.67. The van der Waals surface area contributed by atoms with Crippen LogP contribution in [0.4, 0.5) is 10.2 Å².